The van der Waals surface area contributed by atoms with Crippen LogP contribution in [0.5, 0.6) is 0 Å². The molecule has 8 rings (SSSR count). The van der Waals surface area contributed by atoms with Gasteiger partial charge < -0.3 is 52.5 Å². The molecule has 0 bridgehead atoms. The number of aliphatic hydroxyl groups is 1. The number of hydrogen-bond donors (Lipinski definition) is 1. The Hall–Kier alpha value is -5.61. The summed E-state index contributed by atoms with van der Waals surface area (Å²) in [6, 6.07) is 58.6. The second kappa shape index (κ2) is 25.7. The smallest absolute Gasteiger partial charge is 0.303 e. The SMILES string of the molecule is CC(=O)O[C@@H]1[C@@H](OC[C@H]2OC(O)[C@H](OCc3ccccc3)[C@@H](OCc3ccccc3)[C@@H]2OCc2ccccc2)O[C@H](COCc2ccccc2)[C@@H](OCc2ccccc2)[C@@H]1OCc1ccccc1. The van der Waals surface area contributed by atoms with Crippen LogP contribution in [0.15, 0.2) is 182 Å². The zero-order chi connectivity index (χ0) is 46.8. The van der Waals surface area contributed by atoms with Crippen molar-refractivity contribution in [1.29, 1.82) is 0 Å². The Morgan fingerprint density at radius 2 is 0.721 bits per heavy atom. The molecule has 6 aromatic rings. The molecule has 0 radical (unpaired) electrons. The Morgan fingerprint density at radius 1 is 0.397 bits per heavy atom. The molecule has 12 nitrogen and oxygen atoms in total. The third-order valence-electron chi connectivity index (χ3n) is 11.7. The van der Waals surface area contributed by atoms with Crippen molar-refractivity contribution in [3.05, 3.63) is 215 Å². The average Bonchev–Trinajstić information content (AvgIpc) is 3.38. The van der Waals surface area contributed by atoms with Crippen LogP contribution in [-0.4, -0.2) is 85.7 Å². The molecular formula is C56H60O12. The van der Waals surface area contributed by atoms with E-state index in [4.69, 9.17) is 47.4 Å². The monoisotopic (exact) mass is 924 g/mol. The molecule has 0 amide bonds. The third kappa shape index (κ3) is 14.2. The summed E-state index contributed by atoms with van der Waals surface area (Å²) in [6.07, 6.45) is -9.79. The van der Waals surface area contributed by atoms with Gasteiger partial charge in [-0.25, -0.2) is 0 Å². The Balaban J connectivity index is 1.09. The molecule has 1 N–H and O–H groups in total. The van der Waals surface area contributed by atoms with Crippen LogP contribution in [0.4, 0.5) is 0 Å². The van der Waals surface area contributed by atoms with Crippen molar-refractivity contribution >= 4 is 5.97 Å². The summed E-state index contributed by atoms with van der Waals surface area (Å²) in [5.74, 6) is -0.567. The molecule has 12 heteroatoms. The first-order chi connectivity index (χ1) is 33.5. The maximum atomic E-state index is 13.1. The maximum Gasteiger partial charge on any atom is 0.303 e. The average molecular weight is 925 g/mol. The zero-order valence-electron chi connectivity index (χ0n) is 38.2. The highest BCUT2D eigenvalue weighted by Gasteiger charge is 2.52. The number of ether oxygens (including phenoxy) is 10. The summed E-state index contributed by atoms with van der Waals surface area (Å²) < 4.78 is 65.7. The van der Waals surface area contributed by atoms with Crippen LogP contribution in [0.3, 0.4) is 0 Å². The Kier molecular flexibility index (Phi) is 18.4. The molecule has 2 fully saturated rings. The van der Waals surface area contributed by atoms with Crippen LogP contribution < -0.4 is 0 Å². The number of aliphatic hydroxyl groups excluding tert-OH is 1. The van der Waals surface area contributed by atoms with E-state index in [9.17, 15) is 9.90 Å². The number of benzene rings is 6. The van der Waals surface area contributed by atoms with E-state index in [-0.39, 0.29) is 46.2 Å². The van der Waals surface area contributed by atoms with Gasteiger partial charge in [-0.15, -0.1) is 0 Å². The van der Waals surface area contributed by atoms with E-state index >= 15 is 0 Å². The fourth-order valence-electron chi connectivity index (χ4n) is 8.34. The lowest BCUT2D eigenvalue weighted by atomic mass is 9.97. The highest BCUT2D eigenvalue weighted by atomic mass is 16.7. The molecule has 0 spiro atoms. The molecule has 2 saturated heterocycles. The van der Waals surface area contributed by atoms with Gasteiger partial charge in [-0.05, 0) is 33.4 Å². The minimum Gasteiger partial charge on any atom is -0.454 e. The van der Waals surface area contributed by atoms with E-state index in [1.54, 1.807) is 0 Å². The van der Waals surface area contributed by atoms with Crippen molar-refractivity contribution in [2.24, 2.45) is 0 Å². The van der Waals surface area contributed by atoms with Gasteiger partial charge in [-0.2, -0.15) is 0 Å². The summed E-state index contributed by atoms with van der Waals surface area (Å²) in [4.78, 5) is 13.1. The highest BCUT2D eigenvalue weighted by Crippen LogP contribution is 2.34. The molecule has 1 unspecified atom stereocenters. The molecule has 2 heterocycles. The van der Waals surface area contributed by atoms with Crippen LogP contribution in [-0.2, 0) is 91.8 Å². The predicted molar refractivity (Wildman–Crippen MR) is 252 cm³/mol. The van der Waals surface area contributed by atoms with Crippen LogP contribution in [0.25, 0.3) is 0 Å². The molecule has 6 aromatic carbocycles. The van der Waals surface area contributed by atoms with Gasteiger partial charge in [-0.3, -0.25) is 4.79 Å². The largest absolute Gasteiger partial charge is 0.454 e. The lowest BCUT2D eigenvalue weighted by Gasteiger charge is -2.47. The molecule has 68 heavy (non-hydrogen) atoms. The second-order valence-corrected chi connectivity index (χ2v) is 16.8. The van der Waals surface area contributed by atoms with E-state index < -0.39 is 67.4 Å². The minimum absolute atomic E-state index is 0.0868. The van der Waals surface area contributed by atoms with E-state index in [1.807, 2.05) is 182 Å². The molecule has 10 atom stereocenters. The summed E-state index contributed by atoms with van der Waals surface area (Å²) in [6.45, 7) is 2.54. The van der Waals surface area contributed by atoms with E-state index in [0.717, 1.165) is 33.4 Å². The van der Waals surface area contributed by atoms with Gasteiger partial charge in [0.1, 0.15) is 42.7 Å². The second-order valence-electron chi connectivity index (χ2n) is 16.8. The summed E-state index contributed by atoms with van der Waals surface area (Å²) >= 11 is 0. The first kappa shape index (κ1) is 48.8. The predicted octanol–water partition coefficient (Wildman–Crippen LogP) is 8.52. The van der Waals surface area contributed by atoms with Gasteiger partial charge in [0.25, 0.3) is 0 Å². The number of carbonyl (C=O) groups is 1. The van der Waals surface area contributed by atoms with Crippen LogP contribution in [0, 0.1) is 0 Å². The maximum absolute atomic E-state index is 13.1. The molecule has 0 aromatic heterocycles. The topological polar surface area (TPSA) is 130 Å². The number of hydrogen-bond acceptors (Lipinski definition) is 12. The molecule has 2 aliphatic heterocycles. The highest BCUT2D eigenvalue weighted by molar-refractivity contribution is 5.66. The summed E-state index contributed by atoms with van der Waals surface area (Å²) in [5.41, 5.74) is 5.59. The molecule has 0 saturated carbocycles. The van der Waals surface area contributed by atoms with Crippen molar-refractivity contribution in [1.82, 2.24) is 0 Å². The van der Waals surface area contributed by atoms with Crippen LogP contribution in [0.2, 0.25) is 0 Å². The van der Waals surface area contributed by atoms with Crippen molar-refractivity contribution in [2.45, 2.75) is 108 Å². The van der Waals surface area contributed by atoms with E-state index in [0.29, 0.717) is 6.61 Å². The van der Waals surface area contributed by atoms with Gasteiger partial charge in [0.05, 0.1) is 52.9 Å². The third-order valence-corrected chi connectivity index (χ3v) is 11.7. The summed E-state index contributed by atoms with van der Waals surface area (Å²) in [7, 11) is 0. The van der Waals surface area contributed by atoms with Crippen LogP contribution in [0.1, 0.15) is 40.3 Å². The molecule has 0 aliphatic carbocycles. The summed E-state index contributed by atoms with van der Waals surface area (Å²) in [5, 5.41) is 11.8. The van der Waals surface area contributed by atoms with E-state index in [1.165, 1.54) is 6.92 Å². The molecular weight excluding hydrogens is 865 g/mol. The van der Waals surface area contributed by atoms with E-state index in [2.05, 4.69) is 0 Å². The first-order valence-corrected chi connectivity index (χ1v) is 23.1. The van der Waals surface area contributed by atoms with Crippen molar-refractivity contribution < 1.29 is 57.3 Å². The number of carbonyl (C=O) groups excluding carboxylic acids is 1. The van der Waals surface area contributed by atoms with Gasteiger partial charge in [0, 0.05) is 6.92 Å². The zero-order valence-corrected chi connectivity index (χ0v) is 38.2. The van der Waals surface area contributed by atoms with Gasteiger partial charge in [0.15, 0.2) is 18.7 Å². The number of esters is 1. The molecule has 356 valence electrons. The van der Waals surface area contributed by atoms with Gasteiger partial charge in [0.2, 0.25) is 0 Å². The lowest BCUT2D eigenvalue weighted by Crippen LogP contribution is -2.64. The lowest BCUT2D eigenvalue weighted by molar-refractivity contribution is -0.345. The standard InChI is InChI=1S/C56H60O12/c1-40(57)66-54-52(63-36-45-28-16-6-17-29-45)49(60-33-42-22-10-3-11-23-42)47(38-59-32-41-20-8-2-9-21-41)68-56(54)65-39-48-50(61-34-43-24-12-4-13-25-43)51(62-35-44-26-14-5-15-27-44)53(55(58)67-48)64-37-46-30-18-7-19-31-46/h2-31,47-56,58H,32-39H2,1H3/t47-,48-,49-,50-,51+,52+,53-,54+,55?,56+/m1/s1. The normalized spacial score (nSPS) is 24.9. The Morgan fingerprint density at radius 3 is 1.10 bits per heavy atom. The van der Waals surface area contributed by atoms with Crippen LogP contribution >= 0.6 is 0 Å². The fourth-order valence-corrected chi connectivity index (χ4v) is 8.34. The Labute approximate surface area is 398 Å². The first-order valence-electron chi connectivity index (χ1n) is 23.1. The fraction of sp³-hybridized carbons (Fsp3) is 0.339. The quantitative estimate of drug-likeness (QED) is 0.0619. The van der Waals surface area contributed by atoms with Crippen molar-refractivity contribution in [2.75, 3.05) is 13.2 Å². The molecule has 2 aliphatic rings. The van der Waals surface area contributed by atoms with Gasteiger partial charge in [-0.1, -0.05) is 182 Å². The van der Waals surface area contributed by atoms with Gasteiger partial charge >= 0.3 is 5.97 Å². The Bertz CT molecular complexity index is 2330. The minimum atomic E-state index is -1.45. The number of rotatable bonds is 23. The van der Waals surface area contributed by atoms with Crippen molar-refractivity contribution in [3.63, 3.8) is 0 Å². The van der Waals surface area contributed by atoms with Crippen molar-refractivity contribution in [3.8, 4) is 0 Å².